The molecule has 1 amide bonds. The van der Waals surface area contributed by atoms with Crippen LogP contribution in [0.15, 0.2) is 36.5 Å². The molecule has 2 N–H and O–H groups in total. The second-order valence-corrected chi connectivity index (χ2v) is 5.77. The van der Waals surface area contributed by atoms with Gasteiger partial charge < -0.3 is 10.4 Å². The number of carbonyl (C=O) groups is 1. The van der Waals surface area contributed by atoms with Crippen LogP contribution in [0.4, 0.5) is 0 Å². The van der Waals surface area contributed by atoms with E-state index in [0.717, 1.165) is 12.0 Å². The lowest BCUT2D eigenvalue weighted by Gasteiger charge is -2.17. The van der Waals surface area contributed by atoms with E-state index in [2.05, 4.69) is 15.6 Å². The molecule has 1 heterocycles. The third-order valence-electron chi connectivity index (χ3n) is 3.27. The Morgan fingerprint density at radius 1 is 1.32 bits per heavy atom. The summed E-state index contributed by atoms with van der Waals surface area (Å²) < 4.78 is 1.63. The minimum atomic E-state index is -0.306. The van der Waals surface area contributed by atoms with Gasteiger partial charge in [0.2, 0.25) is 0 Å². The Kier molecular flexibility index (Phi) is 5.66. The van der Waals surface area contributed by atoms with E-state index in [4.69, 9.17) is 0 Å². The molecule has 118 valence electrons. The van der Waals surface area contributed by atoms with Crippen LogP contribution in [0.2, 0.25) is 0 Å². The molecule has 0 saturated carbocycles. The molecule has 0 aliphatic carbocycles. The number of carbonyl (C=O) groups excluding carboxylic acids is 1. The molecule has 2 aromatic rings. The molecule has 0 radical (unpaired) electrons. The van der Waals surface area contributed by atoms with Crippen LogP contribution >= 0.6 is 0 Å². The second-order valence-electron chi connectivity index (χ2n) is 5.77. The van der Waals surface area contributed by atoms with E-state index < -0.39 is 0 Å². The molecule has 0 bridgehead atoms. The lowest BCUT2D eigenvalue weighted by atomic mass is 10.0. The summed E-state index contributed by atoms with van der Waals surface area (Å²) in [5.41, 5.74) is 1.35. The zero-order chi connectivity index (χ0) is 15.9. The number of aromatic nitrogens is 3. The summed E-state index contributed by atoms with van der Waals surface area (Å²) in [6.45, 7) is 4.58. The molecule has 1 unspecified atom stereocenters. The van der Waals surface area contributed by atoms with Crippen molar-refractivity contribution in [3.63, 3.8) is 0 Å². The van der Waals surface area contributed by atoms with Crippen LogP contribution in [0.1, 0.15) is 36.3 Å². The van der Waals surface area contributed by atoms with E-state index in [9.17, 15) is 9.90 Å². The average molecular weight is 302 g/mol. The maximum absolute atomic E-state index is 12.1. The molecule has 1 aromatic heterocycles. The van der Waals surface area contributed by atoms with Crippen molar-refractivity contribution in [3.05, 3.63) is 47.8 Å². The van der Waals surface area contributed by atoms with Gasteiger partial charge in [-0.15, -0.1) is 5.10 Å². The van der Waals surface area contributed by atoms with Crippen molar-refractivity contribution in [1.29, 1.82) is 0 Å². The number of amides is 1. The minimum Gasteiger partial charge on any atom is -0.394 e. The molecular weight excluding hydrogens is 280 g/mol. The van der Waals surface area contributed by atoms with Gasteiger partial charge in [0.1, 0.15) is 0 Å². The molecule has 6 heteroatoms. The van der Waals surface area contributed by atoms with Crippen molar-refractivity contribution in [2.45, 2.75) is 32.9 Å². The highest BCUT2D eigenvalue weighted by molar-refractivity contribution is 5.92. The molecule has 6 nitrogen and oxygen atoms in total. The first-order valence-corrected chi connectivity index (χ1v) is 7.44. The summed E-state index contributed by atoms with van der Waals surface area (Å²) in [5, 5.41) is 20.0. The van der Waals surface area contributed by atoms with Crippen LogP contribution in [0.5, 0.6) is 0 Å². The fraction of sp³-hybridized carbons (Fsp3) is 0.438. The quantitative estimate of drug-likeness (QED) is 0.811. The van der Waals surface area contributed by atoms with E-state index >= 15 is 0 Å². The van der Waals surface area contributed by atoms with Crippen LogP contribution in [0.25, 0.3) is 0 Å². The van der Waals surface area contributed by atoms with E-state index in [1.807, 2.05) is 44.2 Å². The van der Waals surface area contributed by atoms with E-state index in [-0.39, 0.29) is 24.2 Å². The van der Waals surface area contributed by atoms with Crippen LogP contribution in [-0.2, 0) is 6.54 Å². The highest BCUT2D eigenvalue weighted by Crippen LogP contribution is 2.06. The van der Waals surface area contributed by atoms with Gasteiger partial charge in [0.05, 0.1) is 25.4 Å². The third kappa shape index (κ3) is 4.66. The largest absolute Gasteiger partial charge is 0.394 e. The topological polar surface area (TPSA) is 80.0 Å². The summed E-state index contributed by atoms with van der Waals surface area (Å²) in [6, 6.07) is 9.59. The maximum Gasteiger partial charge on any atom is 0.273 e. The lowest BCUT2D eigenvalue weighted by Crippen LogP contribution is -2.38. The van der Waals surface area contributed by atoms with Gasteiger partial charge in [-0.2, -0.15) is 0 Å². The summed E-state index contributed by atoms with van der Waals surface area (Å²) in [7, 11) is 0. The predicted octanol–water partition coefficient (Wildman–Crippen LogP) is 1.46. The number of benzene rings is 1. The summed E-state index contributed by atoms with van der Waals surface area (Å²) >= 11 is 0. The van der Waals surface area contributed by atoms with Crippen molar-refractivity contribution >= 4 is 5.91 Å². The number of hydrogen-bond acceptors (Lipinski definition) is 4. The van der Waals surface area contributed by atoms with E-state index in [1.165, 1.54) is 0 Å². The van der Waals surface area contributed by atoms with Gasteiger partial charge in [0.15, 0.2) is 5.69 Å². The molecule has 0 saturated heterocycles. The zero-order valence-electron chi connectivity index (χ0n) is 12.9. The molecule has 1 aromatic carbocycles. The Morgan fingerprint density at radius 2 is 2.05 bits per heavy atom. The molecule has 0 fully saturated rings. The van der Waals surface area contributed by atoms with Gasteiger partial charge in [0.25, 0.3) is 5.91 Å². The molecule has 0 aliphatic heterocycles. The Labute approximate surface area is 130 Å². The van der Waals surface area contributed by atoms with Crippen molar-refractivity contribution in [2.24, 2.45) is 5.92 Å². The Hall–Kier alpha value is -2.21. The number of aliphatic hydroxyl groups is 1. The van der Waals surface area contributed by atoms with E-state index in [1.54, 1.807) is 10.9 Å². The normalized spacial score (nSPS) is 12.4. The first-order valence-electron chi connectivity index (χ1n) is 7.44. The van der Waals surface area contributed by atoms with E-state index in [0.29, 0.717) is 12.5 Å². The monoisotopic (exact) mass is 302 g/mol. The number of nitrogens with zero attached hydrogens (tertiary/aromatic N) is 3. The van der Waals surface area contributed by atoms with Crippen LogP contribution in [-0.4, -0.2) is 38.7 Å². The van der Waals surface area contributed by atoms with Crippen molar-refractivity contribution in [1.82, 2.24) is 20.3 Å². The van der Waals surface area contributed by atoms with Gasteiger partial charge in [-0.1, -0.05) is 49.4 Å². The predicted molar refractivity (Wildman–Crippen MR) is 83.4 cm³/mol. The van der Waals surface area contributed by atoms with Crippen LogP contribution < -0.4 is 5.32 Å². The first-order chi connectivity index (χ1) is 10.6. The highest BCUT2D eigenvalue weighted by atomic mass is 16.3. The lowest BCUT2D eigenvalue weighted by molar-refractivity contribution is 0.0903. The fourth-order valence-electron chi connectivity index (χ4n) is 2.26. The standard InChI is InChI=1S/C16H22N4O2/c1-12(2)8-14(11-21)17-16(22)15-10-20(19-18-15)9-13-6-4-3-5-7-13/h3-7,10,12,14,21H,8-9,11H2,1-2H3,(H,17,22). The average Bonchev–Trinajstić information content (AvgIpc) is 2.95. The molecule has 0 aliphatic rings. The fourth-order valence-corrected chi connectivity index (χ4v) is 2.26. The minimum absolute atomic E-state index is 0.0813. The third-order valence-corrected chi connectivity index (χ3v) is 3.27. The molecule has 22 heavy (non-hydrogen) atoms. The smallest absolute Gasteiger partial charge is 0.273 e. The molecular formula is C16H22N4O2. The molecule has 2 rings (SSSR count). The Bertz CT molecular complexity index is 595. The summed E-state index contributed by atoms with van der Waals surface area (Å²) in [6.07, 6.45) is 2.34. The summed E-state index contributed by atoms with van der Waals surface area (Å²) in [4.78, 5) is 12.1. The van der Waals surface area contributed by atoms with Crippen LogP contribution in [0.3, 0.4) is 0 Å². The number of nitrogens with one attached hydrogen (secondary N) is 1. The summed E-state index contributed by atoms with van der Waals surface area (Å²) in [5.74, 6) is 0.0882. The van der Waals surface area contributed by atoms with Crippen LogP contribution in [0, 0.1) is 5.92 Å². The van der Waals surface area contributed by atoms with Gasteiger partial charge in [-0.05, 0) is 17.9 Å². The second kappa shape index (κ2) is 7.70. The highest BCUT2D eigenvalue weighted by Gasteiger charge is 2.17. The SMILES string of the molecule is CC(C)CC(CO)NC(=O)c1cn(Cc2ccccc2)nn1. The number of rotatable bonds is 7. The zero-order valence-corrected chi connectivity index (χ0v) is 12.9. The number of aliphatic hydroxyl groups excluding tert-OH is 1. The van der Waals surface area contributed by atoms with Gasteiger partial charge >= 0.3 is 0 Å². The number of hydrogen-bond donors (Lipinski definition) is 2. The molecule has 1 atom stereocenters. The van der Waals surface area contributed by atoms with Crippen molar-refractivity contribution < 1.29 is 9.90 Å². The maximum atomic E-state index is 12.1. The van der Waals surface area contributed by atoms with Gasteiger partial charge in [-0.3, -0.25) is 4.79 Å². The van der Waals surface area contributed by atoms with Gasteiger partial charge in [0, 0.05) is 0 Å². The van der Waals surface area contributed by atoms with Crippen molar-refractivity contribution in [3.8, 4) is 0 Å². The van der Waals surface area contributed by atoms with Gasteiger partial charge in [-0.25, -0.2) is 4.68 Å². The Balaban J connectivity index is 1.96. The molecule has 0 spiro atoms. The first kappa shape index (κ1) is 16.2. The Morgan fingerprint density at radius 3 is 2.68 bits per heavy atom. The van der Waals surface area contributed by atoms with Crippen molar-refractivity contribution in [2.75, 3.05) is 6.61 Å².